The second-order valence-corrected chi connectivity index (χ2v) is 57.6. The first kappa shape index (κ1) is 106. The van der Waals surface area contributed by atoms with Gasteiger partial charge in [0.15, 0.2) is 85.4 Å². The fourth-order valence-electron chi connectivity index (χ4n) is 15.7. The van der Waals surface area contributed by atoms with Crippen molar-refractivity contribution in [2.75, 3.05) is 102 Å². The first-order valence-electron chi connectivity index (χ1n) is 45.9. The zero-order valence-electron chi connectivity index (χ0n) is 82.2. The molecule has 12 heterocycles. The second kappa shape index (κ2) is 44.8. The number of nitrogens with one attached hydrogen (secondary N) is 1. The molecule has 0 atom stereocenters. The molecule has 4 aromatic carbocycles. The van der Waals surface area contributed by atoms with Crippen LogP contribution in [0, 0.1) is 58.7 Å². The molecular weight excluding hydrogens is 2260 g/mol. The number of benzene rings is 4. The van der Waals surface area contributed by atoms with Crippen LogP contribution in [0.2, 0.25) is 14.8 Å². The molecule has 0 aliphatic carbocycles. The number of amides is 3. The number of carbonyl (C=O) groups excluding carboxylic acids is 3. The predicted octanol–water partition coefficient (Wildman–Crippen LogP) is 15.8. The van der Waals surface area contributed by atoms with Crippen molar-refractivity contribution in [1.29, 1.82) is 0 Å². The summed E-state index contributed by atoms with van der Waals surface area (Å²) in [5, 5.41) is 3.40. The summed E-state index contributed by atoms with van der Waals surface area (Å²) in [6, 6.07) is 15.7. The van der Waals surface area contributed by atoms with Crippen LogP contribution in [0.25, 0.3) is 44.7 Å². The zero-order chi connectivity index (χ0) is 102. The number of nitrogen functional groups attached to an aromatic ring is 4. The number of anilines is 4. The first-order valence-corrected chi connectivity index (χ1v) is 59.1. The van der Waals surface area contributed by atoms with Gasteiger partial charge in [-0.3, -0.25) is 0 Å². The zero-order valence-corrected chi connectivity index (χ0v) is 91.6. The van der Waals surface area contributed by atoms with Crippen molar-refractivity contribution in [2.45, 2.75) is 201 Å². The molecule has 140 heavy (non-hydrogen) atoms. The van der Waals surface area contributed by atoms with Crippen molar-refractivity contribution in [3.8, 4) is 46.0 Å². The number of nitrogens with two attached hydrogens (primary N) is 4. The Morgan fingerprint density at radius 2 is 0.664 bits per heavy atom. The molecule has 38 nitrogen and oxygen atoms in total. The average Bonchev–Trinajstić information content (AvgIpc) is 1.63. The quantitative estimate of drug-likeness (QED) is 0.00726. The van der Waals surface area contributed by atoms with Crippen molar-refractivity contribution < 1.29 is 84.1 Å². The van der Waals surface area contributed by atoms with Crippen molar-refractivity contribution in [1.82, 2.24) is 98.1 Å². The van der Waals surface area contributed by atoms with Gasteiger partial charge < -0.3 is 83.9 Å². The van der Waals surface area contributed by atoms with E-state index in [1.807, 2.05) is 155 Å². The van der Waals surface area contributed by atoms with E-state index in [2.05, 4.69) is 163 Å². The van der Waals surface area contributed by atoms with Crippen LogP contribution in [-0.4, -0.2) is 226 Å². The van der Waals surface area contributed by atoms with Gasteiger partial charge in [0.2, 0.25) is 20.4 Å². The number of nitrogens with zero attached hydrogens (tertiary/aromatic N) is 19. The van der Waals surface area contributed by atoms with Crippen molar-refractivity contribution in [2.24, 2.45) is 23.7 Å². The summed E-state index contributed by atoms with van der Waals surface area (Å²) in [5.41, 5.74) is 28.7. The Morgan fingerprint density at radius 1 is 0.400 bits per heavy atom. The maximum atomic E-state index is 14.3. The van der Waals surface area contributed by atoms with E-state index in [-0.39, 0.29) is 79.5 Å². The summed E-state index contributed by atoms with van der Waals surface area (Å²) in [5.74, 6) is 9.39. The SMILES string of the molecule is CC(C)CN(CCn1c(Cc2cc3c(c[c]2[Sn]([CH3])([CH3])[CH3])OCO3)nc2c(N)nc(F)nc21)C(=O)OC(C)(C)C.CC(C)CN(CCn1c(Cc2cc3c(cc2I)OCO3)nc2c(N)nc(F)nc21)C(=O)OC(C)(C)C.CC(C)CN(CCn1c(Cc2cc3c(cc2[124I])OCO3)nc2c(N)nc(F)nc21)C(=O)OC(C)(C)C.CC(C)CNCCn1c(Cc2cc3c(cc2I)OCO3)nc2c(N)nc(F)nc21. The monoisotopic (exact) mass is 2380 g/mol. The minimum absolute atomic E-state index is 0.0235. The Bertz CT molecular complexity index is 6360. The third-order valence-electron chi connectivity index (χ3n) is 21.7. The summed E-state index contributed by atoms with van der Waals surface area (Å²) >= 11 is 4.11. The molecule has 4 aliphatic rings. The second-order valence-electron chi connectivity index (χ2n) is 39.7. The van der Waals surface area contributed by atoms with E-state index in [0.717, 1.165) is 56.8 Å². The van der Waals surface area contributed by atoms with Crippen LogP contribution in [0.4, 0.5) is 55.2 Å². The number of fused-ring (bicyclic) bond motifs is 8. The van der Waals surface area contributed by atoms with Gasteiger partial charge in [-0.2, -0.15) is 43.1 Å². The standard InChI is InChI=1S/2C24H30FIN6O4.C24H30FN6O4.C19H22FIN6O2.3CH3.Sn/c2*1-13(2)11-31(23(33)36-24(3,4)5)6-7-32-18(28-19-20(27)29-22(25)30-21(19)32)9-14-8-16-17(10-15(14)26)35-12-34-16;1-14(2)12-30(23(32)35-24(3,4)5)8-9-31-18(27-19-20(26)28-22(25)29-21(19)31)11-15-6-7-16-17(10-15)34-13-33-16;1-10(2)8-23-3-4-27-15(24-16-17(22)25-19(20)26-18(16)27)6-11-5-13-14(7-12(11)21)29-9-28-13;;;;/h2*8,10,13H,6-7,9,11-12H2,1-5H3,(H2,27,29,30);7,10,14H,8-9,11-13H2,1-5H3,(H2,26,28,29);5,7,10,23H,3-4,6,8-9H2,1-2H3,(H2,22,25,26);3*1H3;/i26-3;;;;;;;. The van der Waals surface area contributed by atoms with Gasteiger partial charge in [0, 0.05) is 82.3 Å². The summed E-state index contributed by atoms with van der Waals surface area (Å²) in [6.07, 6.45) is -3.07. The molecule has 3 amide bonds. The summed E-state index contributed by atoms with van der Waals surface area (Å²) < 4.78 is 129. The normalized spacial score (nSPS) is 13.1. The Hall–Kier alpha value is -10.8. The van der Waals surface area contributed by atoms with E-state index in [0.29, 0.717) is 189 Å². The van der Waals surface area contributed by atoms with Crippen LogP contribution < -0.4 is 69.7 Å². The Labute approximate surface area is 853 Å². The average molecular weight is 2380 g/mol. The molecule has 754 valence electrons. The maximum absolute atomic E-state index is 14.3. The van der Waals surface area contributed by atoms with Gasteiger partial charge in [-0.25, -0.2) is 24.5 Å². The van der Waals surface area contributed by atoms with Gasteiger partial charge in [0.05, 0.1) is 0 Å². The fraction of sp³-hybridized carbons (Fsp3) is 0.500. The van der Waals surface area contributed by atoms with Crippen molar-refractivity contribution >= 4 is 176 Å². The van der Waals surface area contributed by atoms with Crippen LogP contribution in [0.1, 0.15) is 163 Å². The minimum atomic E-state index is -2.62. The smallest absolute Gasteiger partial charge is 0.454 e. The molecule has 4 aliphatic heterocycles. The third-order valence-corrected chi connectivity index (χ3v) is 30.6. The van der Waals surface area contributed by atoms with Gasteiger partial charge >= 0.3 is 264 Å². The Morgan fingerprint density at radius 3 is 0.957 bits per heavy atom. The van der Waals surface area contributed by atoms with Crippen LogP contribution in [-0.2, 0) is 66.1 Å². The molecule has 0 radical (unpaired) electrons. The van der Waals surface area contributed by atoms with E-state index in [1.54, 1.807) is 23.8 Å². The Balaban J connectivity index is 0.000000158. The van der Waals surface area contributed by atoms with E-state index >= 15 is 0 Å². The number of imidazole rings is 4. The number of hydrogen-bond donors (Lipinski definition) is 5. The van der Waals surface area contributed by atoms with Crippen LogP contribution in [0.5, 0.6) is 46.0 Å². The van der Waals surface area contributed by atoms with Gasteiger partial charge in [0.1, 0.15) is 28.7 Å². The van der Waals surface area contributed by atoms with Gasteiger partial charge in [0.25, 0.3) is 0 Å². The number of ether oxygens (including phenoxy) is 11. The molecule has 0 spiro atoms. The molecule has 0 saturated heterocycles. The van der Waals surface area contributed by atoms with Gasteiger partial charge in [-0.05, 0) is 187 Å². The molecule has 0 saturated carbocycles. The van der Waals surface area contributed by atoms with E-state index < -0.39 is 77.8 Å². The molecule has 12 aromatic rings. The van der Waals surface area contributed by atoms with E-state index in [1.165, 1.54) is 3.58 Å². The van der Waals surface area contributed by atoms with Crippen LogP contribution >= 0.6 is 67.8 Å². The summed E-state index contributed by atoms with van der Waals surface area (Å²) in [4.78, 5) is 100. The fourth-order valence-corrected chi connectivity index (χ4v) is 22.5. The van der Waals surface area contributed by atoms with Gasteiger partial charge in [-0.1, -0.05) is 41.5 Å². The molecule has 0 bridgehead atoms. The third kappa shape index (κ3) is 27.3. The molecule has 9 N–H and O–H groups in total. The first-order chi connectivity index (χ1) is 65.9. The van der Waals surface area contributed by atoms with Crippen molar-refractivity contribution in [3.05, 3.63) is 129 Å². The van der Waals surface area contributed by atoms with E-state index in [9.17, 15) is 31.9 Å². The van der Waals surface area contributed by atoms with Crippen molar-refractivity contribution in [3.63, 3.8) is 0 Å². The topological polar surface area (TPSA) is 453 Å². The number of rotatable bonds is 29. The number of carbonyl (C=O) groups is 3. The Kier molecular flexibility index (Phi) is 34.0. The molecule has 46 heteroatoms. The predicted molar refractivity (Wildman–Crippen MR) is 547 cm³/mol. The summed E-state index contributed by atoms with van der Waals surface area (Å²) in [7, 11) is 0. The molecule has 8 aromatic heterocycles. The summed E-state index contributed by atoms with van der Waals surface area (Å²) in [6.45, 7) is 39.4. The number of halogens is 7. The minimum Gasteiger partial charge on any atom is -0.454 e. The van der Waals surface area contributed by atoms with Gasteiger partial charge in [-0.15, -0.1) is 0 Å². The van der Waals surface area contributed by atoms with E-state index in [4.69, 9.17) is 80.0 Å². The molecule has 0 unspecified atom stereocenters. The molecule has 16 rings (SSSR count). The number of hydrogen-bond acceptors (Lipinski definition) is 31. The van der Waals surface area contributed by atoms with Crippen LogP contribution in [0.15, 0.2) is 48.5 Å². The van der Waals surface area contributed by atoms with Crippen LogP contribution in [0.3, 0.4) is 0 Å². The molecule has 0 fully saturated rings. The molecular formula is C94H121F4I3N24O14Sn. The number of aromatic nitrogens is 16.